The Kier molecular flexibility index (Phi) is 7.38. The molecule has 0 aliphatic rings. The van der Waals surface area contributed by atoms with Crippen LogP contribution in [0.4, 0.5) is 17.5 Å². The SMILES string of the molecule is CCCNc1ncc([N+](=O)[O-])c(NCCOCC(C)C)n1. The second kappa shape index (κ2) is 9.06. The largest absolute Gasteiger partial charge is 0.379 e. The van der Waals surface area contributed by atoms with Gasteiger partial charge in [-0.3, -0.25) is 10.1 Å². The Morgan fingerprint density at radius 3 is 2.76 bits per heavy atom. The number of nitrogens with one attached hydrogen (secondary N) is 2. The maximum atomic E-state index is 11.0. The second-order valence-corrected chi connectivity index (χ2v) is 5.01. The number of rotatable bonds is 10. The highest BCUT2D eigenvalue weighted by Gasteiger charge is 2.16. The lowest BCUT2D eigenvalue weighted by molar-refractivity contribution is -0.384. The van der Waals surface area contributed by atoms with Gasteiger partial charge in [-0.25, -0.2) is 4.98 Å². The van der Waals surface area contributed by atoms with E-state index in [0.29, 0.717) is 31.6 Å². The van der Waals surface area contributed by atoms with Crippen molar-refractivity contribution in [2.24, 2.45) is 5.92 Å². The Labute approximate surface area is 124 Å². The summed E-state index contributed by atoms with van der Waals surface area (Å²) in [6, 6.07) is 0. The highest BCUT2D eigenvalue weighted by molar-refractivity contribution is 5.56. The van der Waals surface area contributed by atoms with Gasteiger partial charge in [0, 0.05) is 19.7 Å². The van der Waals surface area contributed by atoms with E-state index in [4.69, 9.17) is 4.74 Å². The van der Waals surface area contributed by atoms with Crippen molar-refractivity contribution in [3.05, 3.63) is 16.3 Å². The van der Waals surface area contributed by atoms with Gasteiger partial charge in [0.2, 0.25) is 11.8 Å². The van der Waals surface area contributed by atoms with Crippen molar-refractivity contribution in [1.82, 2.24) is 9.97 Å². The van der Waals surface area contributed by atoms with Gasteiger partial charge in [-0.05, 0) is 12.3 Å². The van der Waals surface area contributed by atoms with E-state index in [1.807, 2.05) is 6.92 Å². The fourth-order valence-corrected chi connectivity index (χ4v) is 1.52. The van der Waals surface area contributed by atoms with Gasteiger partial charge in [-0.15, -0.1) is 0 Å². The fraction of sp³-hybridized carbons (Fsp3) is 0.692. The van der Waals surface area contributed by atoms with Crippen LogP contribution in [0, 0.1) is 16.0 Å². The molecule has 0 fully saturated rings. The molecule has 118 valence electrons. The van der Waals surface area contributed by atoms with E-state index in [0.717, 1.165) is 13.0 Å². The number of aromatic nitrogens is 2. The Hall–Kier alpha value is -1.96. The average molecular weight is 297 g/mol. The highest BCUT2D eigenvalue weighted by atomic mass is 16.6. The van der Waals surface area contributed by atoms with Gasteiger partial charge < -0.3 is 15.4 Å². The van der Waals surface area contributed by atoms with Gasteiger partial charge in [-0.1, -0.05) is 20.8 Å². The van der Waals surface area contributed by atoms with Crippen molar-refractivity contribution < 1.29 is 9.66 Å². The number of nitro groups is 1. The van der Waals surface area contributed by atoms with Gasteiger partial charge in [0.05, 0.1) is 11.5 Å². The minimum absolute atomic E-state index is 0.138. The van der Waals surface area contributed by atoms with E-state index in [-0.39, 0.29) is 11.5 Å². The van der Waals surface area contributed by atoms with E-state index in [1.54, 1.807) is 0 Å². The predicted octanol–water partition coefficient (Wildman–Crippen LogP) is 2.29. The molecule has 0 aliphatic heterocycles. The number of hydrogen-bond donors (Lipinski definition) is 2. The molecule has 1 aromatic rings. The third kappa shape index (κ3) is 6.35. The summed E-state index contributed by atoms with van der Waals surface area (Å²) >= 11 is 0. The third-order valence-electron chi connectivity index (χ3n) is 2.49. The first kappa shape index (κ1) is 17.1. The standard InChI is InChI=1S/C13H23N5O3/c1-4-5-15-13-16-8-11(18(19)20)12(17-13)14-6-7-21-9-10(2)3/h8,10H,4-7,9H2,1-3H3,(H2,14,15,16,17). The molecule has 21 heavy (non-hydrogen) atoms. The van der Waals surface area contributed by atoms with Crippen LogP contribution < -0.4 is 10.6 Å². The third-order valence-corrected chi connectivity index (χ3v) is 2.49. The van der Waals surface area contributed by atoms with Crippen molar-refractivity contribution in [2.75, 3.05) is 36.9 Å². The van der Waals surface area contributed by atoms with Crippen LogP contribution in [-0.2, 0) is 4.74 Å². The molecule has 1 rings (SSSR count). The monoisotopic (exact) mass is 297 g/mol. The summed E-state index contributed by atoms with van der Waals surface area (Å²) in [6.07, 6.45) is 2.13. The molecule has 0 spiro atoms. The zero-order valence-electron chi connectivity index (χ0n) is 12.8. The maximum absolute atomic E-state index is 11.0. The van der Waals surface area contributed by atoms with E-state index in [9.17, 15) is 10.1 Å². The predicted molar refractivity (Wildman–Crippen MR) is 81.6 cm³/mol. The lowest BCUT2D eigenvalue weighted by Crippen LogP contribution is -2.15. The minimum atomic E-state index is -0.499. The molecule has 0 aromatic carbocycles. The van der Waals surface area contributed by atoms with Crippen molar-refractivity contribution in [2.45, 2.75) is 27.2 Å². The average Bonchev–Trinajstić information content (AvgIpc) is 2.44. The van der Waals surface area contributed by atoms with E-state index in [1.165, 1.54) is 6.20 Å². The van der Waals surface area contributed by atoms with Gasteiger partial charge in [0.25, 0.3) is 0 Å². The van der Waals surface area contributed by atoms with Gasteiger partial charge in [0.15, 0.2) is 0 Å². The van der Waals surface area contributed by atoms with E-state index < -0.39 is 4.92 Å². The molecular weight excluding hydrogens is 274 g/mol. The zero-order valence-corrected chi connectivity index (χ0v) is 12.8. The summed E-state index contributed by atoms with van der Waals surface area (Å²) < 4.78 is 5.42. The molecule has 0 bridgehead atoms. The lowest BCUT2D eigenvalue weighted by atomic mass is 10.2. The summed E-state index contributed by atoms with van der Waals surface area (Å²) in [4.78, 5) is 18.5. The van der Waals surface area contributed by atoms with Crippen LogP contribution >= 0.6 is 0 Å². The first-order valence-corrected chi connectivity index (χ1v) is 7.11. The van der Waals surface area contributed by atoms with Crippen LogP contribution in [0.2, 0.25) is 0 Å². The Morgan fingerprint density at radius 2 is 2.14 bits per heavy atom. The molecule has 8 nitrogen and oxygen atoms in total. The molecule has 8 heteroatoms. The van der Waals surface area contributed by atoms with Crippen molar-refractivity contribution in [3.8, 4) is 0 Å². The van der Waals surface area contributed by atoms with Gasteiger partial charge in [0.1, 0.15) is 6.20 Å². The molecule has 0 atom stereocenters. The molecule has 0 saturated carbocycles. The molecule has 0 amide bonds. The topological polar surface area (TPSA) is 102 Å². The molecule has 0 radical (unpaired) electrons. The Balaban J connectivity index is 2.61. The lowest BCUT2D eigenvalue weighted by Gasteiger charge is -2.10. The summed E-state index contributed by atoms with van der Waals surface area (Å²) in [6.45, 7) is 8.45. The van der Waals surface area contributed by atoms with Gasteiger partial charge >= 0.3 is 5.69 Å². The highest BCUT2D eigenvalue weighted by Crippen LogP contribution is 2.21. The van der Waals surface area contributed by atoms with E-state index in [2.05, 4.69) is 34.4 Å². The molecule has 1 heterocycles. The number of nitrogens with zero attached hydrogens (tertiary/aromatic N) is 3. The minimum Gasteiger partial charge on any atom is -0.379 e. The molecule has 0 saturated heterocycles. The summed E-state index contributed by atoms with van der Waals surface area (Å²) in [5.74, 6) is 1.05. The summed E-state index contributed by atoms with van der Waals surface area (Å²) in [7, 11) is 0. The molecule has 2 N–H and O–H groups in total. The molecule has 0 unspecified atom stereocenters. The fourth-order valence-electron chi connectivity index (χ4n) is 1.52. The van der Waals surface area contributed by atoms with Crippen LogP contribution in [0.5, 0.6) is 0 Å². The van der Waals surface area contributed by atoms with Crippen LogP contribution in [0.25, 0.3) is 0 Å². The molecule has 0 aliphatic carbocycles. The first-order chi connectivity index (χ1) is 10.0. The van der Waals surface area contributed by atoms with E-state index >= 15 is 0 Å². The van der Waals surface area contributed by atoms with Crippen LogP contribution in [-0.4, -0.2) is 41.2 Å². The number of ether oxygens (including phenoxy) is 1. The summed E-state index contributed by atoms with van der Waals surface area (Å²) in [5, 5.41) is 16.9. The van der Waals surface area contributed by atoms with Crippen molar-refractivity contribution >= 4 is 17.5 Å². The smallest absolute Gasteiger partial charge is 0.329 e. The second-order valence-electron chi connectivity index (χ2n) is 5.01. The van der Waals surface area contributed by atoms with Crippen LogP contribution in [0.3, 0.4) is 0 Å². The van der Waals surface area contributed by atoms with Crippen LogP contribution in [0.15, 0.2) is 6.20 Å². The van der Waals surface area contributed by atoms with Crippen molar-refractivity contribution in [3.63, 3.8) is 0 Å². The Morgan fingerprint density at radius 1 is 1.38 bits per heavy atom. The molecular formula is C13H23N5O3. The Bertz CT molecular complexity index is 453. The van der Waals surface area contributed by atoms with Crippen molar-refractivity contribution in [1.29, 1.82) is 0 Å². The molecule has 1 aromatic heterocycles. The zero-order chi connectivity index (χ0) is 15.7. The normalized spacial score (nSPS) is 10.7. The van der Waals surface area contributed by atoms with Gasteiger partial charge in [-0.2, -0.15) is 4.98 Å². The maximum Gasteiger partial charge on any atom is 0.329 e. The number of hydrogen-bond acceptors (Lipinski definition) is 7. The van der Waals surface area contributed by atoms with Crippen LogP contribution in [0.1, 0.15) is 27.2 Å². The quantitative estimate of drug-likeness (QED) is 0.388. The first-order valence-electron chi connectivity index (χ1n) is 7.11. The number of anilines is 2. The summed E-state index contributed by atoms with van der Waals surface area (Å²) in [5.41, 5.74) is -0.138.